The Morgan fingerprint density at radius 1 is 1.18 bits per heavy atom. The Balaban J connectivity index is 1.96. The molecule has 2 rings (SSSR count). The van der Waals surface area contributed by atoms with E-state index >= 15 is 0 Å². The maximum atomic E-state index is 12.0. The van der Waals surface area contributed by atoms with Crippen molar-refractivity contribution < 1.29 is 4.79 Å². The third-order valence-electron chi connectivity index (χ3n) is 3.39. The van der Waals surface area contributed by atoms with Crippen molar-refractivity contribution in [3.63, 3.8) is 0 Å². The van der Waals surface area contributed by atoms with Gasteiger partial charge in [0, 0.05) is 21.5 Å². The molecule has 6 heteroatoms. The van der Waals surface area contributed by atoms with Gasteiger partial charge in [0.2, 0.25) is 5.91 Å². The van der Waals surface area contributed by atoms with Gasteiger partial charge in [0.05, 0.1) is 5.75 Å². The van der Waals surface area contributed by atoms with Gasteiger partial charge in [-0.3, -0.25) is 4.79 Å². The van der Waals surface area contributed by atoms with Crippen molar-refractivity contribution in [2.24, 2.45) is 0 Å². The van der Waals surface area contributed by atoms with Crippen molar-refractivity contribution in [3.05, 3.63) is 45.2 Å². The van der Waals surface area contributed by atoms with Crippen LogP contribution in [0.15, 0.2) is 27.8 Å². The molecule has 22 heavy (non-hydrogen) atoms. The van der Waals surface area contributed by atoms with Crippen molar-refractivity contribution in [1.29, 1.82) is 0 Å². The molecule has 0 bridgehead atoms. The van der Waals surface area contributed by atoms with Crippen LogP contribution in [0.4, 0.5) is 5.69 Å². The Bertz CT molecular complexity index is 696. The molecular formula is C16H18BrN3OS. The predicted octanol–water partition coefficient (Wildman–Crippen LogP) is 4.20. The first-order chi connectivity index (χ1) is 10.4. The average Bonchev–Trinajstić information content (AvgIpc) is 2.46. The van der Waals surface area contributed by atoms with Crippen LogP contribution >= 0.6 is 27.7 Å². The van der Waals surface area contributed by atoms with Gasteiger partial charge < -0.3 is 5.32 Å². The Morgan fingerprint density at radius 2 is 1.82 bits per heavy atom. The van der Waals surface area contributed by atoms with Crippen LogP contribution in [0.5, 0.6) is 0 Å². The van der Waals surface area contributed by atoms with Crippen molar-refractivity contribution in [3.8, 4) is 0 Å². The molecule has 0 aliphatic heterocycles. The van der Waals surface area contributed by atoms with Gasteiger partial charge in [0.15, 0.2) is 5.16 Å². The molecule has 0 fully saturated rings. The summed E-state index contributed by atoms with van der Waals surface area (Å²) in [5, 5.41) is 3.53. The minimum atomic E-state index is -0.0637. The molecule has 4 nitrogen and oxygen atoms in total. The lowest BCUT2D eigenvalue weighted by Gasteiger charge is -2.08. The molecule has 0 saturated carbocycles. The fourth-order valence-electron chi connectivity index (χ4n) is 1.86. The number of amides is 1. The van der Waals surface area contributed by atoms with E-state index in [2.05, 4.69) is 31.2 Å². The van der Waals surface area contributed by atoms with E-state index in [-0.39, 0.29) is 11.7 Å². The second-order valence-electron chi connectivity index (χ2n) is 5.10. The molecule has 0 atom stereocenters. The van der Waals surface area contributed by atoms with E-state index in [4.69, 9.17) is 0 Å². The highest BCUT2D eigenvalue weighted by Gasteiger charge is 2.09. The molecule has 1 aromatic heterocycles. The van der Waals surface area contributed by atoms with Crippen LogP contribution in [0.2, 0.25) is 0 Å². The number of nitrogens with zero attached hydrogens (tertiary/aromatic N) is 2. The molecule has 2 aromatic rings. The quantitative estimate of drug-likeness (QED) is 0.638. The molecule has 116 valence electrons. The molecule has 1 aromatic carbocycles. The maximum absolute atomic E-state index is 12.0. The molecule has 0 aliphatic carbocycles. The zero-order valence-corrected chi connectivity index (χ0v) is 15.4. The number of carbonyl (C=O) groups excluding carboxylic acids is 1. The highest BCUT2D eigenvalue weighted by Crippen LogP contribution is 2.21. The number of hydrogen-bond acceptors (Lipinski definition) is 4. The van der Waals surface area contributed by atoms with E-state index in [1.54, 1.807) is 0 Å². The number of benzene rings is 1. The molecule has 0 unspecified atom stereocenters. The van der Waals surface area contributed by atoms with Gasteiger partial charge in [-0.2, -0.15) is 0 Å². The second-order valence-corrected chi connectivity index (χ2v) is 6.90. The average molecular weight is 380 g/mol. The largest absolute Gasteiger partial charge is 0.325 e. The third-order valence-corrected chi connectivity index (χ3v) is 5.12. The normalized spacial score (nSPS) is 10.6. The van der Waals surface area contributed by atoms with E-state index in [0.717, 1.165) is 32.7 Å². The Kier molecular flexibility index (Phi) is 5.58. The van der Waals surface area contributed by atoms with Crippen LogP contribution in [-0.2, 0) is 4.79 Å². The lowest BCUT2D eigenvalue weighted by Crippen LogP contribution is -2.14. The molecule has 0 saturated heterocycles. The highest BCUT2D eigenvalue weighted by atomic mass is 79.9. The monoisotopic (exact) mass is 379 g/mol. The number of nitrogens with one attached hydrogen (secondary N) is 1. The summed E-state index contributed by atoms with van der Waals surface area (Å²) in [6, 6.07) is 5.73. The number of carbonyl (C=O) groups is 1. The van der Waals surface area contributed by atoms with Crippen molar-refractivity contribution in [2.75, 3.05) is 11.1 Å². The van der Waals surface area contributed by atoms with E-state index < -0.39 is 0 Å². The number of aryl methyl sites for hydroxylation is 3. The van der Waals surface area contributed by atoms with Crippen molar-refractivity contribution >= 4 is 39.3 Å². The first-order valence-electron chi connectivity index (χ1n) is 6.87. The lowest BCUT2D eigenvalue weighted by molar-refractivity contribution is -0.113. The van der Waals surface area contributed by atoms with Crippen LogP contribution < -0.4 is 5.32 Å². The summed E-state index contributed by atoms with van der Waals surface area (Å²) in [6.45, 7) is 7.90. The molecule has 1 N–H and O–H groups in total. The van der Waals surface area contributed by atoms with Gasteiger partial charge >= 0.3 is 0 Å². The SMILES string of the molecule is Cc1cc(NC(=O)CSc2nc(C)c(C)c(C)n2)ccc1Br. The smallest absolute Gasteiger partial charge is 0.234 e. The van der Waals surface area contributed by atoms with Crippen LogP contribution in [0.25, 0.3) is 0 Å². The highest BCUT2D eigenvalue weighted by molar-refractivity contribution is 9.10. The van der Waals surface area contributed by atoms with Crippen LogP contribution in [-0.4, -0.2) is 21.6 Å². The first-order valence-corrected chi connectivity index (χ1v) is 8.65. The van der Waals surface area contributed by atoms with E-state index in [0.29, 0.717) is 5.16 Å². The van der Waals surface area contributed by atoms with Gasteiger partial charge in [-0.25, -0.2) is 9.97 Å². The third kappa shape index (κ3) is 4.30. The molecule has 1 amide bonds. The van der Waals surface area contributed by atoms with Gasteiger partial charge in [0.1, 0.15) is 0 Å². The summed E-state index contributed by atoms with van der Waals surface area (Å²) >= 11 is 4.79. The fraction of sp³-hybridized carbons (Fsp3) is 0.312. The number of halogens is 1. The molecule has 0 aliphatic rings. The van der Waals surface area contributed by atoms with Crippen LogP contribution in [0.1, 0.15) is 22.5 Å². The minimum Gasteiger partial charge on any atom is -0.325 e. The molecule has 0 radical (unpaired) electrons. The summed E-state index contributed by atoms with van der Waals surface area (Å²) in [5.74, 6) is 0.225. The maximum Gasteiger partial charge on any atom is 0.234 e. The molecule has 0 spiro atoms. The zero-order chi connectivity index (χ0) is 16.3. The number of aromatic nitrogens is 2. The van der Waals surface area contributed by atoms with Crippen LogP contribution in [0.3, 0.4) is 0 Å². The Morgan fingerprint density at radius 3 is 2.41 bits per heavy atom. The van der Waals surface area contributed by atoms with Crippen molar-refractivity contribution in [1.82, 2.24) is 9.97 Å². The van der Waals surface area contributed by atoms with Gasteiger partial charge in [-0.15, -0.1) is 0 Å². The number of rotatable bonds is 4. The van der Waals surface area contributed by atoms with Crippen molar-refractivity contribution in [2.45, 2.75) is 32.9 Å². The fourth-order valence-corrected chi connectivity index (χ4v) is 2.84. The predicted molar refractivity (Wildman–Crippen MR) is 94.5 cm³/mol. The topological polar surface area (TPSA) is 54.9 Å². The van der Waals surface area contributed by atoms with E-state index in [1.807, 2.05) is 45.9 Å². The summed E-state index contributed by atoms with van der Waals surface area (Å²) in [4.78, 5) is 20.8. The standard InChI is InChI=1S/C16H18BrN3OS/c1-9-7-13(5-6-14(9)17)20-15(21)8-22-16-18-11(3)10(2)12(4)19-16/h5-7H,8H2,1-4H3,(H,20,21). The number of anilines is 1. The first kappa shape index (κ1) is 17.0. The Labute approximate surface area is 143 Å². The van der Waals surface area contributed by atoms with E-state index in [1.165, 1.54) is 11.8 Å². The number of thioether (sulfide) groups is 1. The summed E-state index contributed by atoms with van der Waals surface area (Å²) < 4.78 is 1.03. The Hall–Kier alpha value is -1.40. The summed E-state index contributed by atoms with van der Waals surface area (Å²) in [7, 11) is 0. The zero-order valence-electron chi connectivity index (χ0n) is 13.0. The van der Waals surface area contributed by atoms with E-state index in [9.17, 15) is 4.79 Å². The molecular weight excluding hydrogens is 362 g/mol. The van der Waals surface area contributed by atoms with Crippen LogP contribution in [0, 0.1) is 27.7 Å². The van der Waals surface area contributed by atoms with Gasteiger partial charge in [-0.05, 0) is 57.0 Å². The van der Waals surface area contributed by atoms with Gasteiger partial charge in [-0.1, -0.05) is 27.7 Å². The number of hydrogen-bond donors (Lipinski definition) is 1. The van der Waals surface area contributed by atoms with Gasteiger partial charge in [0.25, 0.3) is 0 Å². The molecule has 1 heterocycles. The summed E-state index contributed by atoms with van der Waals surface area (Å²) in [5.41, 5.74) is 4.89. The lowest BCUT2D eigenvalue weighted by atomic mass is 10.2. The minimum absolute atomic E-state index is 0.0637. The summed E-state index contributed by atoms with van der Waals surface area (Å²) in [6.07, 6.45) is 0. The second kappa shape index (κ2) is 7.24.